The number of nitrogens with zero attached hydrogens (tertiary/aromatic N) is 6. The normalized spacial score (nSPS) is 10.6. The molecular formula is C20H15N7O6. The Morgan fingerprint density at radius 3 is 2.33 bits per heavy atom. The molecule has 0 atom stereocenters. The maximum absolute atomic E-state index is 12.0. The van der Waals surface area contributed by atoms with Gasteiger partial charge in [0.1, 0.15) is 11.8 Å². The molecule has 4 aromatic rings. The first-order valence-corrected chi connectivity index (χ1v) is 9.32. The van der Waals surface area contributed by atoms with E-state index in [9.17, 15) is 19.7 Å². The van der Waals surface area contributed by atoms with Crippen molar-refractivity contribution in [2.75, 3.05) is 19.5 Å². The van der Waals surface area contributed by atoms with E-state index in [0.29, 0.717) is 11.0 Å². The summed E-state index contributed by atoms with van der Waals surface area (Å²) in [6.07, 6.45) is 1.12. The van der Waals surface area contributed by atoms with Crippen molar-refractivity contribution in [2.45, 2.75) is 0 Å². The Bertz CT molecular complexity index is 1370. The van der Waals surface area contributed by atoms with Crippen LogP contribution in [0.15, 0.2) is 48.8 Å². The van der Waals surface area contributed by atoms with Crippen molar-refractivity contribution in [1.29, 1.82) is 0 Å². The van der Waals surface area contributed by atoms with Crippen LogP contribution in [0.5, 0.6) is 0 Å². The third-order valence-corrected chi connectivity index (χ3v) is 4.58. The Morgan fingerprint density at radius 1 is 1.03 bits per heavy atom. The third kappa shape index (κ3) is 4.01. The van der Waals surface area contributed by atoms with Gasteiger partial charge in [0, 0.05) is 5.69 Å². The van der Waals surface area contributed by atoms with Crippen LogP contribution in [-0.4, -0.2) is 56.0 Å². The van der Waals surface area contributed by atoms with Gasteiger partial charge in [-0.15, -0.1) is 5.10 Å². The number of fused-ring (bicyclic) bond motifs is 1. The van der Waals surface area contributed by atoms with E-state index in [4.69, 9.17) is 9.47 Å². The van der Waals surface area contributed by atoms with Crippen LogP contribution in [0.2, 0.25) is 0 Å². The van der Waals surface area contributed by atoms with Gasteiger partial charge in [-0.25, -0.2) is 19.6 Å². The Morgan fingerprint density at radius 2 is 1.70 bits per heavy atom. The number of carbonyl (C=O) groups is 2. The van der Waals surface area contributed by atoms with Gasteiger partial charge in [-0.2, -0.15) is 4.68 Å². The highest BCUT2D eigenvalue weighted by Crippen LogP contribution is 2.32. The van der Waals surface area contributed by atoms with Gasteiger partial charge in [-0.1, -0.05) is 17.3 Å². The lowest BCUT2D eigenvalue weighted by molar-refractivity contribution is -0.384. The highest BCUT2D eigenvalue weighted by Gasteiger charge is 2.27. The molecule has 13 nitrogen and oxygen atoms in total. The number of aromatic nitrogens is 5. The number of methoxy groups -OCH3 is 2. The molecule has 33 heavy (non-hydrogen) atoms. The second kappa shape index (κ2) is 8.66. The molecule has 2 heterocycles. The van der Waals surface area contributed by atoms with E-state index in [2.05, 4.69) is 25.6 Å². The van der Waals surface area contributed by atoms with Crippen LogP contribution < -0.4 is 5.32 Å². The first-order valence-electron chi connectivity index (χ1n) is 9.32. The van der Waals surface area contributed by atoms with Gasteiger partial charge < -0.3 is 14.8 Å². The number of nitrogens with one attached hydrogen (secondary N) is 1. The number of rotatable bonds is 6. The van der Waals surface area contributed by atoms with Crippen LogP contribution in [-0.2, 0) is 9.47 Å². The second-order valence-electron chi connectivity index (χ2n) is 6.55. The number of para-hydroxylation sites is 1. The standard InChI is InChI=1S/C20H15N7O6/c1-32-19(28)11-7-12(20(29)33-2)9-13(8-11)23-17-16(27(30)31)18(22-10-21-17)26-15-6-4-3-5-14(15)24-25-26/h3-10H,1-2H3,(H,21,22,23). The third-order valence-electron chi connectivity index (χ3n) is 4.58. The van der Waals surface area contributed by atoms with Crippen LogP contribution in [0.1, 0.15) is 20.7 Å². The van der Waals surface area contributed by atoms with E-state index in [1.807, 2.05) is 0 Å². The highest BCUT2D eigenvalue weighted by atomic mass is 16.6. The van der Waals surface area contributed by atoms with Gasteiger partial charge in [-0.3, -0.25) is 10.1 Å². The van der Waals surface area contributed by atoms with Crippen molar-refractivity contribution in [3.05, 3.63) is 70.0 Å². The highest BCUT2D eigenvalue weighted by molar-refractivity contribution is 5.97. The summed E-state index contributed by atoms with van der Waals surface area (Å²) in [6, 6.07) is 10.9. The predicted octanol–water partition coefficient (Wildman–Crippen LogP) is 2.44. The van der Waals surface area contributed by atoms with Crippen molar-refractivity contribution in [3.8, 4) is 5.82 Å². The molecule has 0 unspecified atom stereocenters. The first kappa shape index (κ1) is 21.3. The quantitative estimate of drug-likeness (QED) is 0.261. The van der Waals surface area contributed by atoms with E-state index >= 15 is 0 Å². The zero-order chi connectivity index (χ0) is 23.5. The number of hydrogen-bond donors (Lipinski definition) is 1. The lowest BCUT2D eigenvalue weighted by Crippen LogP contribution is -2.10. The molecule has 2 aromatic heterocycles. The van der Waals surface area contributed by atoms with Crippen molar-refractivity contribution in [2.24, 2.45) is 0 Å². The summed E-state index contributed by atoms with van der Waals surface area (Å²) >= 11 is 0. The van der Waals surface area contributed by atoms with E-state index in [-0.39, 0.29) is 28.5 Å². The fourth-order valence-electron chi connectivity index (χ4n) is 3.12. The lowest BCUT2D eigenvalue weighted by atomic mass is 10.1. The zero-order valence-corrected chi connectivity index (χ0v) is 17.3. The summed E-state index contributed by atoms with van der Waals surface area (Å²) in [5, 5.41) is 22.7. The van der Waals surface area contributed by atoms with Gasteiger partial charge in [0.05, 0.1) is 35.8 Å². The summed E-state index contributed by atoms with van der Waals surface area (Å²) in [6.45, 7) is 0. The maximum Gasteiger partial charge on any atom is 0.356 e. The Hall–Kier alpha value is -4.94. The molecule has 0 spiro atoms. The van der Waals surface area contributed by atoms with Gasteiger partial charge >= 0.3 is 17.6 Å². The van der Waals surface area contributed by atoms with Gasteiger partial charge in [0.2, 0.25) is 11.6 Å². The number of nitro groups is 1. The van der Waals surface area contributed by atoms with E-state index < -0.39 is 22.5 Å². The Balaban J connectivity index is 1.84. The van der Waals surface area contributed by atoms with Crippen molar-refractivity contribution >= 4 is 40.2 Å². The number of carbonyl (C=O) groups excluding carboxylic acids is 2. The summed E-state index contributed by atoms with van der Waals surface area (Å²) in [5.74, 6) is -1.74. The van der Waals surface area contributed by atoms with Crippen molar-refractivity contribution < 1.29 is 24.0 Å². The van der Waals surface area contributed by atoms with Crippen LogP contribution in [0.25, 0.3) is 16.9 Å². The number of hydrogen-bond acceptors (Lipinski definition) is 11. The molecule has 0 aliphatic heterocycles. The summed E-state index contributed by atoms with van der Waals surface area (Å²) < 4.78 is 10.6. The molecule has 0 aliphatic carbocycles. The number of ether oxygens (including phenoxy) is 2. The minimum Gasteiger partial charge on any atom is -0.465 e. The van der Waals surface area contributed by atoms with Crippen LogP contribution in [0, 0.1) is 10.1 Å². The topological polar surface area (TPSA) is 164 Å². The zero-order valence-electron chi connectivity index (χ0n) is 17.3. The maximum atomic E-state index is 12.0. The lowest BCUT2D eigenvalue weighted by Gasteiger charge is -2.11. The van der Waals surface area contributed by atoms with E-state index in [1.54, 1.807) is 24.3 Å². The molecule has 0 aliphatic rings. The predicted molar refractivity (Wildman–Crippen MR) is 114 cm³/mol. The van der Waals surface area contributed by atoms with E-state index in [1.165, 1.54) is 37.1 Å². The van der Waals surface area contributed by atoms with Crippen LogP contribution in [0.4, 0.5) is 17.2 Å². The molecule has 13 heteroatoms. The molecule has 0 saturated carbocycles. The summed E-state index contributed by atoms with van der Waals surface area (Å²) in [5.41, 5.74) is 0.759. The minimum absolute atomic E-state index is 0.0297. The molecule has 166 valence electrons. The largest absolute Gasteiger partial charge is 0.465 e. The second-order valence-corrected chi connectivity index (χ2v) is 6.55. The molecule has 0 bridgehead atoms. The minimum atomic E-state index is -0.712. The summed E-state index contributed by atoms with van der Waals surface area (Å²) in [7, 11) is 2.37. The monoisotopic (exact) mass is 449 g/mol. The molecule has 0 fully saturated rings. The van der Waals surface area contributed by atoms with Gasteiger partial charge in [0.25, 0.3) is 0 Å². The average molecular weight is 449 g/mol. The van der Waals surface area contributed by atoms with Crippen LogP contribution in [0.3, 0.4) is 0 Å². The first-order chi connectivity index (χ1) is 15.9. The molecule has 0 radical (unpaired) electrons. The fraction of sp³-hybridized carbons (Fsp3) is 0.100. The average Bonchev–Trinajstić information content (AvgIpc) is 3.26. The van der Waals surface area contributed by atoms with Gasteiger partial charge in [-0.05, 0) is 30.3 Å². The van der Waals surface area contributed by atoms with E-state index in [0.717, 1.165) is 6.33 Å². The van der Waals surface area contributed by atoms with Crippen molar-refractivity contribution in [3.63, 3.8) is 0 Å². The van der Waals surface area contributed by atoms with Gasteiger partial charge in [0.15, 0.2) is 0 Å². The molecule has 2 aromatic carbocycles. The number of esters is 2. The molecule has 4 rings (SSSR count). The Kier molecular flexibility index (Phi) is 5.59. The Labute approximate surface area is 185 Å². The fourth-order valence-corrected chi connectivity index (χ4v) is 3.12. The van der Waals surface area contributed by atoms with Crippen LogP contribution >= 0.6 is 0 Å². The SMILES string of the molecule is COC(=O)c1cc(Nc2ncnc(-n3nnc4ccccc43)c2[N+](=O)[O-])cc(C(=O)OC)c1. The molecule has 0 saturated heterocycles. The molecule has 0 amide bonds. The summed E-state index contributed by atoms with van der Waals surface area (Å²) in [4.78, 5) is 43.4. The van der Waals surface area contributed by atoms with Crippen molar-refractivity contribution in [1.82, 2.24) is 25.0 Å². The molecular weight excluding hydrogens is 434 g/mol. The number of benzene rings is 2. The number of anilines is 2. The molecule has 1 N–H and O–H groups in total. The smallest absolute Gasteiger partial charge is 0.356 e.